The molecule has 34 heavy (non-hydrogen) atoms. The molecule has 0 unspecified atom stereocenters. The van der Waals surface area contributed by atoms with Gasteiger partial charge in [-0.1, -0.05) is 66.7 Å². The summed E-state index contributed by atoms with van der Waals surface area (Å²) in [5.41, 5.74) is 6.86. The Balaban J connectivity index is 1.51. The van der Waals surface area contributed by atoms with Crippen molar-refractivity contribution in [1.82, 2.24) is 14.5 Å². The number of benzene rings is 4. The zero-order valence-corrected chi connectivity index (χ0v) is 18.8. The molecule has 0 saturated heterocycles. The van der Waals surface area contributed by atoms with Gasteiger partial charge < -0.3 is 9.67 Å². The van der Waals surface area contributed by atoms with E-state index in [0.717, 1.165) is 56.7 Å². The van der Waals surface area contributed by atoms with Crippen molar-refractivity contribution >= 4 is 21.8 Å². The first kappa shape index (κ1) is 20.2. The standard InChI is InChI=1S/C30H23N3O/c1-2-33-27-15-8-14-24(29(27)32-30(33)25-13-5-6-16-28(25)34)21-11-7-12-22(17-21)26-18-20-9-3-4-10-23(20)19-31-26/h3-19,34H,2H2,1H3. The Kier molecular flexibility index (Phi) is 4.84. The van der Waals surface area contributed by atoms with E-state index >= 15 is 0 Å². The van der Waals surface area contributed by atoms with E-state index < -0.39 is 0 Å². The minimum absolute atomic E-state index is 0.235. The first-order valence-electron chi connectivity index (χ1n) is 11.5. The normalized spacial score (nSPS) is 11.3. The van der Waals surface area contributed by atoms with E-state index in [-0.39, 0.29) is 5.75 Å². The van der Waals surface area contributed by atoms with Crippen molar-refractivity contribution in [3.05, 3.63) is 103 Å². The van der Waals surface area contributed by atoms with Gasteiger partial charge in [-0.3, -0.25) is 4.98 Å². The third-order valence-electron chi connectivity index (χ3n) is 6.34. The highest BCUT2D eigenvalue weighted by Gasteiger charge is 2.17. The lowest BCUT2D eigenvalue weighted by molar-refractivity contribution is 0.476. The largest absolute Gasteiger partial charge is 0.507 e. The van der Waals surface area contributed by atoms with E-state index in [1.807, 2.05) is 30.5 Å². The number of imidazole rings is 1. The minimum atomic E-state index is 0.235. The Labute approximate surface area is 197 Å². The van der Waals surface area contributed by atoms with Gasteiger partial charge in [-0.2, -0.15) is 0 Å². The van der Waals surface area contributed by atoms with Crippen LogP contribution in [0.3, 0.4) is 0 Å². The summed E-state index contributed by atoms with van der Waals surface area (Å²) < 4.78 is 2.16. The highest BCUT2D eigenvalue weighted by molar-refractivity contribution is 5.95. The smallest absolute Gasteiger partial charge is 0.144 e. The molecule has 0 spiro atoms. The average Bonchev–Trinajstić information content (AvgIpc) is 3.27. The van der Waals surface area contributed by atoms with Crippen molar-refractivity contribution < 1.29 is 5.11 Å². The fraction of sp³-hybridized carbons (Fsp3) is 0.0667. The first-order valence-corrected chi connectivity index (χ1v) is 11.5. The monoisotopic (exact) mass is 441 g/mol. The zero-order valence-electron chi connectivity index (χ0n) is 18.8. The molecule has 0 aliphatic rings. The molecule has 6 rings (SSSR count). The molecule has 4 heteroatoms. The minimum Gasteiger partial charge on any atom is -0.507 e. The molecule has 4 aromatic carbocycles. The number of phenolic OH excluding ortho intramolecular Hbond substituents is 1. The molecule has 1 N–H and O–H groups in total. The van der Waals surface area contributed by atoms with Crippen molar-refractivity contribution in [2.45, 2.75) is 13.5 Å². The first-order chi connectivity index (χ1) is 16.7. The Morgan fingerprint density at radius 1 is 0.735 bits per heavy atom. The molecular weight excluding hydrogens is 418 g/mol. The van der Waals surface area contributed by atoms with E-state index in [1.54, 1.807) is 6.07 Å². The molecule has 0 radical (unpaired) electrons. The molecule has 0 saturated carbocycles. The third kappa shape index (κ3) is 3.32. The predicted molar refractivity (Wildman–Crippen MR) is 139 cm³/mol. The number of aromatic nitrogens is 3. The number of nitrogens with zero attached hydrogens (tertiary/aromatic N) is 3. The number of para-hydroxylation sites is 2. The SMILES string of the molecule is CCn1c(-c2ccccc2O)nc2c(-c3cccc(-c4cc5ccccc5cn4)c3)cccc21. The van der Waals surface area contributed by atoms with Gasteiger partial charge >= 0.3 is 0 Å². The van der Waals surface area contributed by atoms with Gasteiger partial charge in [0, 0.05) is 29.3 Å². The topological polar surface area (TPSA) is 50.9 Å². The van der Waals surface area contributed by atoms with Crippen molar-refractivity contribution in [3.8, 4) is 39.5 Å². The van der Waals surface area contributed by atoms with Gasteiger partial charge in [0.1, 0.15) is 11.6 Å². The molecule has 164 valence electrons. The quantitative estimate of drug-likeness (QED) is 0.312. The van der Waals surface area contributed by atoms with Crippen LogP contribution in [0.25, 0.3) is 55.6 Å². The molecule has 4 nitrogen and oxygen atoms in total. The second kappa shape index (κ2) is 8.16. The van der Waals surface area contributed by atoms with Crippen LogP contribution in [-0.4, -0.2) is 19.6 Å². The van der Waals surface area contributed by atoms with Crippen LogP contribution in [-0.2, 0) is 6.54 Å². The summed E-state index contributed by atoms with van der Waals surface area (Å²) in [5.74, 6) is 1.01. The van der Waals surface area contributed by atoms with Crippen molar-refractivity contribution in [2.24, 2.45) is 0 Å². The van der Waals surface area contributed by atoms with Crippen LogP contribution in [0.2, 0.25) is 0 Å². The number of phenols is 1. The van der Waals surface area contributed by atoms with Gasteiger partial charge in [0.05, 0.1) is 22.3 Å². The fourth-order valence-corrected chi connectivity index (χ4v) is 4.66. The molecule has 2 aromatic heterocycles. The molecule has 0 aliphatic heterocycles. The third-order valence-corrected chi connectivity index (χ3v) is 6.34. The van der Waals surface area contributed by atoms with Crippen LogP contribution in [0.5, 0.6) is 5.75 Å². The number of hydrogen-bond donors (Lipinski definition) is 1. The van der Waals surface area contributed by atoms with Crippen LogP contribution in [0.4, 0.5) is 0 Å². The fourth-order valence-electron chi connectivity index (χ4n) is 4.66. The number of hydrogen-bond acceptors (Lipinski definition) is 3. The van der Waals surface area contributed by atoms with Gasteiger partial charge in [-0.25, -0.2) is 4.98 Å². The summed E-state index contributed by atoms with van der Waals surface area (Å²) in [5, 5.41) is 12.8. The van der Waals surface area contributed by atoms with E-state index in [4.69, 9.17) is 9.97 Å². The van der Waals surface area contributed by atoms with E-state index in [1.165, 1.54) is 5.39 Å². The van der Waals surface area contributed by atoms with Gasteiger partial charge in [0.15, 0.2) is 0 Å². The van der Waals surface area contributed by atoms with Crippen molar-refractivity contribution in [2.75, 3.05) is 0 Å². The molecule has 2 heterocycles. The maximum atomic E-state index is 10.5. The van der Waals surface area contributed by atoms with E-state index in [2.05, 4.69) is 78.2 Å². The van der Waals surface area contributed by atoms with Gasteiger partial charge in [-0.15, -0.1) is 0 Å². The summed E-state index contributed by atoms with van der Waals surface area (Å²) in [6.07, 6.45) is 1.93. The number of aromatic hydroxyl groups is 1. The second-order valence-electron chi connectivity index (χ2n) is 8.37. The van der Waals surface area contributed by atoms with E-state index in [9.17, 15) is 5.11 Å². The summed E-state index contributed by atoms with van der Waals surface area (Å²) in [4.78, 5) is 9.73. The molecular formula is C30H23N3O. The van der Waals surface area contributed by atoms with Crippen molar-refractivity contribution in [3.63, 3.8) is 0 Å². The Hall–Kier alpha value is -4.44. The zero-order chi connectivity index (χ0) is 23.1. The van der Waals surface area contributed by atoms with Gasteiger partial charge in [0.2, 0.25) is 0 Å². The van der Waals surface area contributed by atoms with Crippen molar-refractivity contribution in [1.29, 1.82) is 0 Å². The highest BCUT2D eigenvalue weighted by Crippen LogP contribution is 2.36. The van der Waals surface area contributed by atoms with Gasteiger partial charge in [-0.05, 0) is 48.2 Å². The number of fused-ring (bicyclic) bond motifs is 2. The van der Waals surface area contributed by atoms with E-state index in [0.29, 0.717) is 0 Å². The molecule has 0 amide bonds. The molecule has 0 atom stereocenters. The molecule has 0 fully saturated rings. The maximum absolute atomic E-state index is 10.5. The summed E-state index contributed by atoms with van der Waals surface area (Å²) >= 11 is 0. The lowest BCUT2D eigenvalue weighted by Crippen LogP contribution is -1.97. The van der Waals surface area contributed by atoms with Crippen LogP contribution < -0.4 is 0 Å². The highest BCUT2D eigenvalue weighted by atomic mass is 16.3. The van der Waals surface area contributed by atoms with Crippen LogP contribution in [0.1, 0.15) is 6.92 Å². The Morgan fingerprint density at radius 3 is 2.32 bits per heavy atom. The summed E-state index contributed by atoms with van der Waals surface area (Å²) in [6.45, 7) is 2.86. The predicted octanol–water partition coefficient (Wildman–Crippen LogP) is 7.31. The molecule has 6 aromatic rings. The summed E-state index contributed by atoms with van der Waals surface area (Å²) in [6, 6.07) is 32.5. The maximum Gasteiger partial charge on any atom is 0.144 e. The lowest BCUT2D eigenvalue weighted by atomic mass is 9.99. The number of aryl methyl sites for hydroxylation is 1. The van der Waals surface area contributed by atoms with Crippen LogP contribution >= 0.6 is 0 Å². The summed E-state index contributed by atoms with van der Waals surface area (Å²) in [7, 11) is 0. The second-order valence-corrected chi connectivity index (χ2v) is 8.37. The Bertz CT molecular complexity index is 1670. The van der Waals surface area contributed by atoms with Crippen LogP contribution in [0.15, 0.2) is 103 Å². The Morgan fingerprint density at radius 2 is 1.47 bits per heavy atom. The lowest BCUT2D eigenvalue weighted by Gasteiger charge is -2.08. The molecule has 0 bridgehead atoms. The average molecular weight is 442 g/mol. The number of rotatable bonds is 4. The van der Waals surface area contributed by atoms with Crippen LogP contribution in [0, 0.1) is 0 Å². The van der Waals surface area contributed by atoms with Gasteiger partial charge in [0.25, 0.3) is 0 Å². The molecule has 0 aliphatic carbocycles. The number of pyridine rings is 1.